The molecule has 80 valence electrons. The second-order valence-corrected chi connectivity index (χ2v) is 4.79. The molecule has 1 heterocycles. The van der Waals surface area contributed by atoms with Gasteiger partial charge in [0.1, 0.15) is 11.9 Å². The van der Waals surface area contributed by atoms with Gasteiger partial charge in [-0.05, 0) is 35.4 Å². The van der Waals surface area contributed by atoms with E-state index in [1.54, 1.807) is 12.4 Å². The molecule has 0 saturated heterocycles. The first-order valence-electron chi connectivity index (χ1n) is 4.90. The van der Waals surface area contributed by atoms with Crippen LogP contribution < -0.4 is 4.74 Å². The topological polar surface area (TPSA) is 52.1 Å². The number of aromatic nitrogens is 2. The second kappa shape index (κ2) is 4.87. The van der Waals surface area contributed by atoms with Gasteiger partial charge in [0.2, 0.25) is 0 Å². The van der Waals surface area contributed by atoms with Gasteiger partial charge >= 0.3 is 6.01 Å². The Hall–Kier alpha value is -0.720. The Kier molecular flexibility index (Phi) is 3.50. The molecule has 0 bridgehead atoms. The van der Waals surface area contributed by atoms with E-state index in [9.17, 15) is 4.79 Å². The van der Waals surface area contributed by atoms with Gasteiger partial charge in [-0.2, -0.15) is 0 Å². The monoisotopic (exact) mass is 318 g/mol. The molecule has 0 atom stereocenters. The van der Waals surface area contributed by atoms with Gasteiger partial charge in [-0.25, -0.2) is 9.97 Å². The standard InChI is InChI=1S/C10H11IN2O2/c11-7-5-12-10(13-6-7)15-9-3-1-8(14)2-4-9/h5-6,9H,1-4H2. The van der Waals surface area contributed by atoms with Crippen LogP contribution in [0.3, 0.4) is 0 Å². The summed E-state index contributed by atoms with van der Waals surface area (Å²) < 4.78 is 6.57. The van der Waals surface area contributed by atoms with Crippen LogP contribution in [-0.2, 0) is 4.79 Å². The Labute approximate surface area is 102 Å². The van der Waals surface area contributed by atoms with Crippen LogP contribution in [-0.4, -0.2) is 21.9 Å². The summed E-state index contributed by atoms with van der Waals surface area (Å²) in [4.78, 5) is 19.1. The van der Waals surface area contributed by atoms with Crippen molar-refractivity contribution < 1.29 is 9.53 Å². The molecule has 1 aromatic rings. The molecule has 0 spiro atoms. The van der Waals surface area contributed by atoms with Crippen LogP contribution in [0.2, 0.25) is 0 Å². The van der Waals surface area contributed by atoms with E-state index in [0.29, 0.717) is 24.6 Å². The number of Topliss-reactive ketones (excluding diaryl/α,β-unsaturated/α-hetero) is 1. The predicted octanol–water partition coefficient (Wildman–Crippen LogP) is 1.97. The highest BCUT2D eigenvalue weighted by Gasteiger charge is 2.20. The number of halogens is 1. The van der Waals surface area contributed by atoms with E-state index in [0.717, 1.165) is 16.4 Å². The van der Waals surface area contributed by atoms with Crippen LogP contribution in [0, 0.1) is 3.57 Å². The number of carbonyl (C=O) groups is 1. The zero-order chi connectivity index (χ0) is 10.7. The van der Waals surface area contributed by atoms with Crippen molar-refractivity contribution in [3.05, 3.63) is 16.0 Å². The molecule has 0 radical (unpaired) electrons. The molecular weight excluding hydrogens is 307 g/mol. The van der Waals surface area contributed by atoms with Gasteiger partial charge in [0.15, 0.2) is 0 Å². The van der Waals surface area contributed by atoms with E-state index in [1.807, 2.05) is 0 Å². The lowest BCUT2D eigenvalue weighted by molar-refractivity contribution is -0.121. The maximum atomic E-state index is 11.0. The molecule has 0 aliphatic heterocycles. The van der Waals surface area contributed by atoms with Gasteiger partial charge in [-0.3, -0.25) is 4.79 Å². The average Bonchev–Trinajstić information content (AvgIpc) is 2.25. The van der Waals surface area contributed by atoms with Crippen molar-refractivity contribution in [2.45, 2.75) is 31.8 Å². The van der Waals surface area contributed by atoms with Gasteiger partial charge in [0.25, 0.3) is 0 Å². The molecule has 5 heteroatoms. The molecule has 0 amide bonds. The summed E-state index contributed by atoms with van der Waals surface area (Å²) in [5, 5.41) is 0. The van der Waals surface area contributed by atoms with Crippen LogP contribution in [0.4, 0.5) is 0 Å². The highest BCUT2D eigenvalue weighted by Crippen LogP contribution is 2.19. The third-order valence-corrected chi connectivity index (χ3v) is 2.92. The maximum Gasteiger partial charge on any atom is 0.316 e. The number of rotatable bonds is 2. The Morgan fingerprint density at radius 3 is 2.47 bits per heavy atom. The van der Waals surface area contributed by atoms with Gasteiger partial charge < -0.3 is 4.74 Å². The number of hydrogen-bond donors (Lipinski definition) is 0. The van der Waals surface area contributed by atoms with Crippen LogP contribution in [0.15, 0.2) is 12.4 Å². The summed E-state index contributed by atoms with van der Waals surface area (Å²) in [5.74, 6) is 0.332. The zero-order valence-corrected chi connectivity index (χ0v) is 10.3. The summed E-state index contributed by atoms with van der Waals surface area (Å²) in [6.45, 7) is 0. The molecule has 1 saturated carbocycles. The Bertz CT molecular complexity index is 343. The highest BCUT2D eigenvalue weighted by molar-refractivity contribution is 14.1. The Morgan fingerprint density at radius 2 is 1.87 bits per heavy atom. The van der Waals surface area contributed by atoms with Crippen molar-refractivity contribution in [1.29, 1.82) is 0 Å². The van der Waals surface area contributed by atoms with Crippen molar-refractivity contribution in [3.8, 4) is 6.01 Å². The van der Waals surface area contributed by atoms with Gasteiger partial charge in [0, 0.05) is 28.8 Å². The van der Waals surface area contributed by atoms with Crippen LogP contribution in [0.5, 0.6) is 6.01 Å². The van der Waals surface area contributed by atoms with Gasteiger partial charge in [-0.15, -0.1) is 0 Å². The van der Waals surface area contributed by atoms with E-state index in [-0.39, 0.29) is 6.10 Å². The molecule has 1 aromatic heterocycles. The number of ketones is 1. The van der Waals surface area contributed by atoms with Crippen LogP contribution in [0.25, 0.3) is 0 Å². The number of ether oxygens (including phenoxy) is 1. The zero-order valence-electron chi connectivity index (χ0n) is 8.15. The van der Waals surface area contributed by atoms with Crippen LogP contribution >= 0.6 is 22.6 Å². The minimum absolute atomic E-state index is 0.0998. The molecular formula is C10H11IN2O2. The molecule has 2 rings (SSSR count). The van der Waals surface area contributed by atoms with Crippen molar-refractivity contribution in [2.75, 3.05) is 0 Å². The molecule has 0 N–H and O–H groups in total. The number of nitrogens with zero attached hydrogens (tertiary/aromatic N) is 2. The fourth-order valence-electron chi connectivity index (χ4n) is 1.54. The molecule has 1 aliphatic carbocycles. The lowest BCUT2D eigenvalue weighted by atomic mass is 9.97. The van der Waals surface area contributed by atoms with Crippen molar-refractivity contribution in [3.63, 3.8) is 0 Å². The molecule has 0 aromatic carbocycles. The van der Waals surface area contributed by atoms with E-state index >= 15 is 0 Å². The quantitative estimate of drug-likeness (QED) is 0.783. The van der Waals surface area contributed by atoms with E-state index in [4.69, 9.17) is 4.74 Å². The van der Waals surface area contributed by atoms with Crippen molar-refractivity contribution in [1.82, 2.24) is 9.97 Å². The molecule has 1 aliphatic rings. The Morgan fingerprint density at radius 1 is 1.27 bits per heavy atom. The highest BCUT2D eigenvalue weighted by atomic mass is 127. The summed E-state index contributed by atoms with van der Waals surface area (Å²) in [7, 11) is 0. The van der Waals surface area contributed by atoms with Crippen LogP contribution in [0.1, 0.15) is 25.7 Å². The lowest BCUT2D eigenvalue weighted by Gasteiger charge is -2.20. The third kappa shape index (κ3) is 3.12. The lowest BCUT2D eigenvalue weighted by Crippen LogP contribution is -2.24. The summed E-state index contributed by atoms with van der Waals surface area (Å²) in [5.41, 5.74) is 0. The molecule has 1 fully saturated rings. The first-order chi connectivity index (χ1) is 7.24. The fraction of sp³-hybridized carbons (Fsp3) is 0.500. The summed E-state index contributed by atoms with van der Waals surface area (Å²) in [6, 6.07) is 0.412. The summed E-state index contributed by atoms with van der Waals surface area (Å²) >= 11 is 2.14. The minimum atomic E-state index is 0.0998. The molecule has 4 nitrogen and oxygen atoms in total. The van der Waals surface area contributed by atoms with Gasteiger partial charge in [0.05, 0.1) is 0 Å². The SMILES string of the molecule is O=C1CCC(Oc2ncc(I)cn2)CC1. The smallest absolute Gasteiger partial charge is 0.316 e. The van der Waals surface area contributed by atoms with Crippen molar-refractivity contribution >= 4 is 28.4 Å². The van der Waals surface area contributed by atoms with Gasteiger partial charge in [-0.1, -0.05) is 0 Å². The number of hydrogen-bond acceptors (Lipinski definition) is 4. The normalized spacial score (nSPS) is 17.8. The number of carbonyl (C=O) groups excluding carboxylic acids is 1. The fourth-order valence-corrected chi connectivity index (χ4v) is 1.82. The average molecular weight is 318 g/mol. The van der Waals surface area contributed by atoms with Crippen molar-refractivity contribution in [2.24, 2.45) is 0 Å². The second-order valence-electron chi connectivity index (χ2n) is 3.54. The maximum absolute atomic E-state index is 11.0. The Balaban J connectivity index is 1.91. The summed E-state index contributed by atoms with van der Waals surface area (Å²) in [6.07, 6.45) is 6.35. The first kappa shape index (κ1) is 10.8. The van der Waals surface area contributed by atoms with E-state index in [1.165, 1.54) is 0 Å². The van der Waals surface area contributed by atoms with E-state index in [2.05, 4.69) is 32.6 Å². The van der Waals surface area contributed by atoms with E-state index < -0.39 is 0 Å². The molecule has 15 heavy (non-hydrogen) atoms. The first-order valence-corrected chi connectivity index (χ1v) is 5.98. The molecule has 0 unspecified atom stereocenters. The predicted molar refractivity (Wildman–Crippen MR) is 62.6 cm³/mol. The minimum Gasteiger partial charge on any atom is -0.460 e. The largest absolute Gasteiger partial charge is 0.460 e. The third-order valence-electron chi connectivity index (χ3n) is 2.36.